The largest absolute Gasteiger partial charge is 0.237 e. The van der Waals surface area contributed by atoms with E-state index in [1.165, 1.54) is 12.1 Å². The van der Waals surface area contributed by atoms with Crippen LogP contribution in [0, 0.1) is 5.82 Å². The Morgan fingerprint density at radius 1 is 1.06 bits per heavy atom. The first-order valence-electron chi connectivity index (χ1n) is 5.41. The number of hydrogen-bond acceptors (Lipinski definition) is 2. The van der Waals surface area contributed by atoms with E-state index in [1.807, 2.05) is 18.2 Å². The van der Waals surface area contributed by atoms with Crippen LogP contribution in [0.5, 0.6) is 0 Å². The van der Waals surface area contributed by atoms with Crippen molar-refractivity contribution in [2.45, 2.75) is 0 Å². The van der Waals surface area contributed by atoms with Gasteiger partial charge in [-0.2, -0.15) is 0 Å². The number of fused-ring (bicyclic) bond motifs is 1. The zero-order chi connectivity index (χ0) is 12.5. The van der Waals surface area contributed by atoms with Crippen LogP contribution in [0.15, 0.2) is 48.7 Å². The molecule has 0 saturated carbocycles. The molecule has 0 spiro atoms. The van der Waals surface area contributed by atoms with E-state index in [9.17, 15) is 4.39 Å². The van der Waals surface area contributed by atoms with E-state index in [2.05, 4.69) is 9.97 Å². The van der Waals surface area contributed by atoms with Gasteiger partial charge >= 0.3 is 0 Å². The van der Waals surface area contributed by atoms with Crippen LogP contribution in [0.4, 0.5) is 4.39 Å². The third-order valence-corrected chi connectivity index (χ3v) is 2.97. The zero-order valence-corrected chi connectivity index (χ0v) is 10.0. The van der Waals surface area contributed by atoms with Gasteiger partial charge in [0.2, 0.25) is 0 Å². The van der Waals surface area contributed by atoms with Gasteiger partial charge in [-0.25, -0.2) is 14.4 Å². The molecule has 1 aromatic carbocycles. The molecule has 4 heteroatoms. The first kappa shape index (κ1) is 11.1. The Balaban J connectivity index is 2.26. The minimum Gasteiger partial charge on any atom is -0.237 e. The van der Waals surface area contributed by atoms with E-state index in [-0.39, 0.29) is 5.82 Å². The normalized spacial score (nSPS) is 10.8. The van der Waals surface area contributed by atoms with Crippen LogP contribution in [-0.2, 0) is 0 Å². The molecule has 0 saturated heterocycles. The van der Waals surface area contributed by atoms with Gasteiger partial charge in [0.05, 0.1) is 0 Å². The molecule has 0 amide bonds. The van der Waals surface area contributed by atoms with E-state index in [0.717, 1.165) is 5.39 Å². The smallest absolute Gasteiger partial charge is 0.160 e. The fourth-order valence-corrected chi connectivity index (χ4v) is 2.09. The lowest BCUT2D eigenvalue weighted by Crippen LogP contribution is -1.88. The van der Waals surface area contributed by atoms with Crippen molar-refractivity contribution >= 4 is 22.6 Å². The van der Waals surface area contributed by atoms with Crippen LogP contribution in [0.25, 0.3) is 22.2 Å². The topological polar surface area (TPSA) is 25.8 Å². The first-order valence-corrected chi connectivity index (χ1v) is 5.79. The lowest BCUT2D eigenvalue weighted by Gasteiger charge is -2.05. The van der Waals surface area contributed by atoms with Gasteiger partial charge < -0.3 is 0 Å². The van der Waals surface area contributed by atoms with Crippen molar-refractivity contribution in [1.82, 2.24) is 9.97 Å². The highest BCUT2D eigenvalue weighted by molar-refractivity contribution is 6.32. The Labute approximate surface area is 108 Å². The third-order valence-electron chi connectivity index (χ3n) is 2.68. The molecule has 0 aliphatic heterocycles. The monoisotopic (exact) mass is 258 g/mol. The molecule has 3 aromatic rings. The van der Waals surface area contributed by atoms with E-state index in [1.54, 1.807) is 18.3 Å². The number of halogens is 2. The van der Waals surface area contributed by atoms with Crippen LogP contribution in [0.3, 0.4) is 0 Å². The maximum atomic E-state index is 13.2. The summed E-state index contributed by atoms with van der Waals surface area (Å²) < 4.78 is 13.2. The van der Waals surface area contributed by atoms with Crippen molar-refractivity contribution in [2.75, 3.05) is 0 Å². The van der Waals surface area contributed by atoms with Gasteiger partial charge in [-0.05, 0) is 35.9 Å². The number of nitrogens with zero attached hydrogens (tertiary/aromatic N) is 2. The van der Waals surface area contributed by atoms with Gasteiger partial charge in [0, 0.05) is 17.1 Å². The molecule has 0 aliphatic carbocycles. The SMILES string of the molecule is Fc1cccc(-c2cc3cccnc3nc2Cl)c1. The van der Waals surface area contributed by atoms with Gasteiger partial charge in [-0.15, -0.1) is 0 Å². The minimum absolute atomic E-state index is 0.296. The average Bonchev–Trinajstić information content (AvgIpc) is 2.38. The Kier molecular flexibility index (Phi) is 2.68. The molecule has 18 heavy (non-hydrogen) atoms. The summed E-state index contributed by atoms with van der Waals surface area (Å²) in [4.78, 5) is 8.34. The van der Waals surface area contributed by atoms with Crippen LogP contribution in [0.1, 0.15) is 0 Å². The molecular formula is C14H8ClFN2. The summed E-state index contributed by atoms with van der Waals surface area (Å²) in [6, 6.07) is 11.9. The maximum absolute atomic E-state index is 13.2. The fourth-order valence-electron chi connectivity index (χ4n) is 1.84. The molecule has 0 radical (unpaired) electrons. The Morgan fingerprint density at radius 3 is 2.78 bits per heavy atom. The average molecular weight is 259 g/mol. The highest BCUT2D eigenvalue weighted by Crippen LogP contribution is 2.29. The van der Waals surface area contributed by atoms with Crippen molar-refractivity contribution < 1.29 is 4.39 Å². The highest BCUT2D eigenvalue weighted by atomic mass is 35.5. The Bertz CT molecular complexity index is 728. The lowest BCUT2D eigenvalue weighted by atomic mass is 10.1. The second-order valence-electron chi connectivity index (χ2n) is 3.89. The quantitative estimate of drug-likeness (QED) is 0.615. The summed E-state index contributed by atoms with van der Waals surface area (Å²) in [5, 5.41) is 1.20. The van der Waals surface area contributed by atoms with Crippen LogP contribution in [-0.4, -0.2) is 9.97 Å². The zero-order valence-electron chi connectivity index (χ0n) is 9.27. The summed E-state index contributed by atoms with van der Waals surface area (Å²) in [7, 11) is 0. The van der Waals surface area contributed by atoms with Crippen molar-refractivity contribution in [3.8, 4) is 11.1 Å². The van der Waals surface area contributed by atoms with Gasteiger partial charge in [-0.3, -0.25) is 0 Å². The maximum Gasteiger partial charge on any atom is 0.160 e. The lowest BCUT2D eigenvalue weighted by molar-refractivity contribution is 0.628. The second-order valence-corrected chi connectivity index (χ2v) is 4.25. The molecule has 0 bridgehead atoms. The molecule has 0 aliphatic rings. The standard InChI is InChI=1S/C14H8ClFN2/c15-13-12(9-3-1-5-11(16)7-9)8-10-4-2-6-17-14(10)18-13/h1-8H. The highest BCUT2D eigenvalue weighted by Gasteiger charge is 2.08. The molecule has 0 fully saturated rings. The molecule has 0 atom stereocenters. The van der Waals surface area contributed by atoms with Crippen LogP contribution in [0.2, 0.25) is 5.15 Å². The summed E-state index contributed by atoms with van der Waals surface area (Å²) in [6.07, 6.45) is 1.66. The molecule has 0 N–H and O–H groups in total. The summed E-state index contributed by atoms with van der Waals surface area (Å²) in [5.74, 6) is -0.296. The van der Waals surface area contributed by atoms with Crippen molar-refractivity contribution in [2.24, 2.45) is 0 Å². The van der Waals surface area contributed by atoms with Gasteiger partial charge in [0.1, 0.15) is 11.0 Å². The van der Waals surface area contributed by atoms with Gasteiger partial charge in [0.15, 0.2) is 5.65 Å². The summed E-state index contributed by atoms with van der Waals surface area (Å²) in [5.41, 5.74) is 2.00. The molecule has 2 nitrogen and oxygen atoms in total. The number of aromatic nitrogens is 2. The molecule has 0 unspecified atom stereocenters. The van der Waals surface area contributed by atoms with Crippen LogP contribution < -0.4 is 0 Å². The number of hydrogen-bond donors (Lipinski definition) is 0. The van der Waals surface area contributed by atoms with Crippen molar-refractivity contribution in [3.63, 3.8) is 0 Å². The van der Waals surface area contributed by atoms with Crippen molar-refractivity contribution in [1.29, 1.82) is 0 Å². The van der Waals surface area contributed by atoms with E-state index < -0.39 is 0 Å². The predicted octanol–water partition coefficient (Wildman–Crippen LogP) is 4.09. The Hall–Kier alpha value is -2.00. The number of benzene rings is 1. The molecule has 2 aromatic heterocycles. The van der Waals surface area contributed by atoms with Crippen LogP contribution >= 0.6 is 11.6 Å². The van der Waals surface area contributed by atoms with Gasteiger partial charge in [-0.1, -0.05) is 23.7 Å². The van der Waals surface area contributed by atoms with E-state index in [4.69, 9.17) is 11.6 Å². The van der Waals surface area contributed by atoms with E-state index >= 15 is 0 Å². The molecular weight excluding hydrogens is 251 g/mol. The number of rotatable bonds is 1. The summed E-state index contributed by atoms with van der Waals surface area (Å²) >= 11 is 6.12. The van der Waals surface area contributed by atoms with Gasteiger partial charge in [0.25, 0.3) is 0 Å². The third kappa shape index (κ3) is 1.93. The molecule has 2 heterocycles. The number of pyridine rings is 2. The predicted molar refractivity (Wildman–Crippen MR) is 69.9 cm³/mol. The molecule has 3 rings (SSSR count). The second kappa shape index (κ2) is 4.35. The fraction of sp³-hybridized carbons (Fsp3) is 0. The first-order chi connectivity index (χ1) is 8.74. The Morgan fingerprint density at radius 2 is 1.94 bits per heavy atom. The summed E-state index contributed by atoms with van der Waals surface area (Å²) in [6.45, 7) is 0. The minimum atomic E-state index is -0.296. The van der Waals surface area contributed by atoms with Crippen molar-refractivity contribution in [3.05, 3.63) is 59.6 Å². The molecule has 88 valence electrons. The van der Waals surface area contributed by atoms with E-state index in [0.29, 0.717) is 21.9 Å².